The second-order valence-corrected chi connectivity index (χ2v) is 5.71. The molecular formula is C12H10BrN5S. The molecule has 0 saturated heterocycles. The third kappa shape index (κ3) is 2.82. The van der Waals surface area contributed by atoms with E-state index in [1.165, 1.54) is 11.2 Å². The highest BCUT2D eigenvalue weighted by Gasteiger charge is 2.06. The summed E-state index contributed by atoms with van der Waals surface area (Å²) in [6.45, 7) is 0.754. The van der Waals surface area contributed by atoms with Crippen LogP contribution in [0.5, 0.6) is 0 Å². The summed E-state index contributed by atoms with van der Waals surface area (Å²) < 4.78 is 2.75. The molecule has 3 heterocycles. The SMILES string of the molecule is Brc1csc(CNc2cccnc2-n2cncn2)c1. The summed E-state index contributed by atoms with van der Waals surface area (Å²) in [5.41, 5.74) is 0.928. The molecule has 0 radical (unpaired) electrons. The molecule has 0 atom stereocenters. The molecule has 19 heavy (non-hydrogen) atoms. The molecule has 5 nitrogen and oxygen atoms in total. The average Bonchev–Trinajstić information content (AvgIpc) is 3.08. The first-order chi connectivity index (χ1) is 9.33. The van der Waals surface area contributed by atoms with Crippen molar-refractivity contribution in [1.29, 1.82) is 0 Å². The van der Waals surface area contributed by atoms with Crippen LogP contribution in [-0.2, 0) is 6.54 Å². The maximum atomic E-state index is 4.33. The lowest BCUT2D eigenvalue weighted by Gasteiger charge is -2.09. The lowest BCUT2D eigenvalue weighted by Crippen LogP contribution is -2.05. The summed E-state index contributed by atoms with van der Waals surface area (Å²) in [4.78, 5) is 9.52. The number of aromatic nitrogens is 4. The molecule has 1 N–H and O–H groups in total. The Labute approximate surface area is 122 Å². The van der Waals surface area contributed by atoms with Crippen LogP contribution in [-0.4, -0.2) is 19.7 Å². The van der Waals surface area contributed by atoms with Gasteiger partial charge in [0, 0.05) is 27.5 Å². The topological polar surface area (TPSA) is 55.6 Å². The Balaban J connectivity index is 1.81. The molecule has 7 heteroatoms. The smallest absolute Gasteiger partial charge is 0.178 e. The first kappa shape index (κ1) is 12.3. The number of nitrogens with zero attached hydrogens (tertiary/aromatic N) is 4. The standard InChI is InChI=1S/C12H10BrN5S/c13-9-4-10(19-6-9)5-16-11-2-1-3-15-12(11)18-8-14-7-17-18/h1-4,6-8,16H,5H2. The molecule has 0 aromatic carbocycles. The van der Waals surface area contributed by atoms with Gasteiger partial charge in [-0.25, -0.2) is 14.6 Å². The number of hydrogen-bond acceptors (Lipinski definition) is 5. The van der Waals surface area contributed by atoms with E-state index in [1.54, 1.807) is 28.5 Å². The van der Waals surface area contributed by atoms with Crippen LogP contribution >= 0.6 is 27.3 Å². The first-order valence-electron chi connectivity index (χ1n) is 5.60. The van der Waals surface area contributed by atoms with Crippen molar-refractivity contribution in [3.8, 4) is 5.82 Å². The molecule has 0 amide bonds. The van der Waals surface area contributed by atoms with E-state index in [0.717, 1.165) is 22.5 Å². The summed E-state index contributed by atoms with van der Waals surface area (Å²) in [7, 11) is 0. The Morgan fingerprint density at radius 1 is 1.42 bits per heavy atom. The molecule has 0 bridgehead atoms. The predicted molar refractivity (Wildman–Crippen MR) is 78.5 cm³/mol. The maximum Gasteiger partial charge on any atom is 0.178 e. The Kier molecular flexibility index (Phi) is 3.56. The highest BCUT2D eigenvalue weighted by molar-refractivity contribution is 9.10. The van der Waals surface area contributed by atoms with Crippen molar-refractivity contribution in [2.24, 2.45) is 0 Å². The second-order valence-electron chi connectivity index (χ2n) is 3.80. The fraction of sp³-hybridized carbons (Fsp3) is 0.0833. The zero-order valence-corrected chi connectivity index (χ0v) is 12.2. The molecule has 3 aromatic heterocycles. The van der Waals surface area contributed by atoms with Crippen molar-refractivity contribution < 1.29 is 0 Å². The summed E-state index contributed by atoms with van der Waals surface area (Å²) >= 11 is 5.16. The van der Waals surface area contributed by atoms with Gasteiger partial charge in [0.05, 0.1) is 5.69 Å². The number of halogens is 1. The Morgan fingerprint density at radius 2 is 2.37 bits per heavy atom. The van der Waals surface area contributed by atoms with Gasteiger partial charge < -0.3 is 5.32 Å². The quantitative estimate of drug-likeness (QED) is 0.795. The van der Waals surface area contributed by atoms with Gasteiger partial charge in [-0.15, -0.1) is 11.3 Å². The molecule has 0 spiro atoms. The number of rotatable bonds is 4. The van der Waals surface area contributed by atoms with E-state index in [2.05, 4.69) is 47.8 Å². The molecule has 3 rings (SSSR count). The number of thiophene rings is 1. The first-order valence-corrected chi connectivity index (χ1v) is 7.27. The molecule has 0 saturated carbocycles. The van der Waals surface area contributed by atoms with Crippen LogP contribution in [0.3, 0.4) is 0 Å². The van der Waals surface area contributed by atoms with E-state index in [4.69, 9.17) is 0 Å². The van der Waals surface area contributed by atoms with E-state index in [1.807, 2.05) is 12.1 Å². The van der Waals surface area contributed by atoms with Crippen molar-refractivity contribution in [3.05, 3.63) is 51.8 Å². The zero-order valence-electron chi connectivity index (χ0n) is 9.82. The van der Waals surface area contributed by atoms with Crippen LogP contribution in [0.1, 0.15) is 4.88 Å². The molecule has 96 valence electrons. The van der Waals surface area contributed by atoms with Crippen LogP contribution < -0.4 is 5.32 Å². The number of hydrogen-bond donors (Lipinski definition) is 1. The molecular weight excluding hydrogens is 326 g/mol. The van der Waals surface area contributed by atoms with E-state index in [-0.39, 0.29) is 0 Å². The van der Waals surface area contributed by atoms with Crippen LogP contribution in [0.25, 0.3) is 5.82 Å². The Hall–Kier alpha value is -1.73. The van der Waals surface area contributed by atoms with Gasteiger partial charge >= 0.3 is 0 Å². The van der Waals surface area contributed by atoms with Crippen LogP contribution in [0.2, 0.25) is 0 Å². The lowest BCUT2D eigenvalue weighted by molar-refractivity contribution is 0.845. The number of nitrogens with one attached hydrogen (secondary N) is 1. The van der Waals surface area contributed by atoms with Crippen LogP contribution in [0.4, 0.5) is 5.69 Å². The number of anilines is 1. The van der Waals surface area contributed by atoms with E-state index < -0.39 is 0 Å². The largest absolute Gasteiger partial charge is 0.377 e. The molecule has 0 aliphatic carbocycles. The van der Waals surface area contributed by atoms with Crippen LogP contribution in [0, 0.1) is 0 Å². The third-order valence-electron chi connectivity index (χ3n) is 2.50. The highest BCUT2D eigenvalue weighted by atomic mass is 79.9. The van der Waals surface area contributed by atoms with Crippen molar-refractivity contribution >= 4 is 33.0 Å². The van der Waals surface area contributed by atoms with E-state index in [9.17, 15) is 0 Å². The molecule has 0 aliphatic heterocycles. The zero-order chi connectivity index (χ0) is 13.1. The molecule has 0 fully saturated rings. The predicted octanol–water partition coefficient (Wildman–Crippen LogP) is 3.10. The van der Waals surface area contributed by atoms with Gasteiger partial charge in [0.2, 0.25) is 0 Å². The average molecular weight is 336 g/mol. The number of pyridine rings is 1. The van der Waals surface area contributed by atoms with Crippen molar-refractivity contribution in [1.82, 2.24) is 19.7 Å². The van der Waals surface area contributed by atoms with Gasteiger partial charge in [-0.2, -0.15) is 5.10 Å². The Morgan fingerprint density at radius 3 is 3.11 bits per heavy atom. The molecule has 0 aliphatic rings. The fourth-order valence-electron chi connectivity index (χ4n) is 1.66. The molecule has 0 unspecified atom stereocenters. The van der Waals surface area contributed by atoms with E-state index >= 15 is 0 Å². The minimum atomic E-state index is 0.746. The lowest BCUT2D eigenvalue weighted by atomic mass is 10.3. The summed E-state index contributed by atoms with van der Waals surface area (Å²) in [5, 5.41) is 9.54. The maximum absolute atomic E-state index is 4.33. The van der Waals surface area contributed by atoms with Crippen molar-refractivity contribution in [2.45, 2.75) is 6.54 Å². The van der Waals surface area contributed by atoms with E-state index in [0.29, 0.717) is 0 Å². The minimum absolute atomic E-state index is 0.746. The monoisotopic (exact) mass is 335 g/mol. The summed E-state index contributed by atoms with van der Waals surface area (Å²) in [6, 6.07) is 5.98. The molecule has 3 aromatic rings. The van der Waals surface area contributed by atoms with Gasteiger partial charge in [-0.3, -0.25) is 0 Å². The van der Waals surface area contributed by atoms with Crippen molar-refractivity contribution in [3.63, 3.8) is 0 Å². The fourth-order valence-corrected chi connectivity index (χ4v) is 3.05. The summed E-state index contributed by atoms with van der Waals surface area (Å²) in [5.74, 6) is 0.746. The van der Waals surface area contributed by atoms with Gasteiger partial charge in [0.15, 0.2) is 5.82 Å². The van der Waals surface area contributed by atoms with Gasteiger partial charge in [0.25, 0.3) is 0 Å². The van der Waals surface area contributed by atoms with Gasteiger partial charge in [-0.1, -0.05) is 0 Å². The van der Waals surface area contributed by atoms with Gasteiger partial charge in [-0.05, 0) is 34.1 Å². The van der Waals surface area contributed by atoms with Crippen LogP contribution in [0.15, 0.2) is 46.9 Å². The van der Waals surface area contributed by atoms with Crippen molar-refractivity contribution in [2.75, 3.05) is 5.32 Å². The summed E-state index contributed by atoms with van der Waals surface area (Å²) in [6.07, 6.45) is 4.87. The Bertz CT molecular complexity index is 664. The highest BCUT2D eigenvalue weighted by Crippen LogP contribution is 2.22. The van der Waals surface area contributed by atoms with Gasteiger partial charge in [0.1, 0.15) is 12.7 Å². The normalized spacial score (nSPS) is 10.6. The third-order valence-corrected chi connectivity index (χ3v) is 4.19. The minimum Gasteiger partial charge on any atom is -0.377 e. The second kappa shape index (κ2) is 5.50.